The van der Waals surface area contributed by atoms with E-state index < -0.39 is 96.5 Å². The van der Waals surface area contributed by atoms with Gasteiger partial charge in [0.1, 0.15) is 24.9 Å². The number of hydrogen-bond donors (Lipinski definition) is 4. The number of carbonyl (C=O) groups is 2. The van der Waals surface area contributed by atoms with Crippen molar-refractivity contribution in [2.45, 2.75) is 166 Å². The molecule has 3 heterocycles. The number of hydrogen-bond acceptors (Lipinski definition) is 15. The Kier molecular flexibility index (Phi) is 18.2. The molecule has 0 spiro atoms. The molecule has 16 heteroatoms. The van der Waals surface area contributed by atoms with Crippen molar-refractivity contribution in [3.05, 3.63) is 35.9 Å². The Balaban J connectivity index is 1.75. The van der Waals surface area contributed by atoms with Crippen LogP contribution in [0.25, 0.3) is 0 Å². The lowest BCUT2D eigenvalue weighted by Gasteiger charge is -2.50. The first-order valence-electron chi connectivity index (χ1n) is 21.4. The number of methoxy groups -OCH3 is 2. The lowest BCUT2D eigenvalue weighted by Crippen LogP contribution is -2.61. The molecule has 1 unspecified atom stereocenters. The largest absolute Gasteiger partial charge is 0.459 e. The van der Waals surface area contributed by atoms with Crippen LogP contribution in [0.1, 0.15) is 80.2 Å². The molecule has 3 aliphatic rings. The van der Waals surface area contributed by atoms with Crippen LogP contribution < -0.4 is 5.32 Å². The quantitative estimate of drug-likeness (QED) is 0.238. The second kappa shape index (κ2) is 21.7. The first-order chi connectivity index (χ1) is 28.1. The maximum Gasteiger partial charge on any atom is 0.407 e. The van der Waals surface area contributed by atoms with E-state index in [1.54, 1.807) is 27.9 Å². The van der Waals surface area contributed by atoms with Crippen molar-refractivity contribution in [1.29, 1.82) is 0 Å². The van der Waals surface area contributed by atoms with E-state index in [9.17, 15) is 24.9 Å². The Morgan fingerprint density at radius 3 is 2.20 bits per heavy atom. The van der Waals surface area contributed by atoms with Gasteiger partial charge < -0.3 is 63.4 Å². The molecule has 0 aromatic heterocycles. The van der Waals surface area contributed by atoms with Gasteiger partial charge in [0, 0.05) is 45.2 Å². The Bertz CT molecular complexity index is 1490. The molecule has 344 valence electrons. The molecule has 16 nitrogen and oxygen atoms in total. The predicted octanol–water partition coefficient (Wildman–Crippen LogP) is 3.32. The molecule has 4 N–H and O–H groups in total. The molecule has 0 saturated carbocycles. The third-order valence-electron chi connectivity index (χ3n) is 13.2. The van der Waals surface area contributed by atoms with Gasteiger partial charge >= 0.3 is 12.1 Å². The normalized spacial score (nSPS) is 41.6. The summed E-state index contributed by atoms with van der Waals surface area (Å²) < 4.78 is 50.2. The molecule has 3 saturated heterocycles. The van der Waals surface area contributed by atoms with Gasteiger partial charge in [-0.3, -0.25) is 9.69 Å². The van der Waals surface area contributed by atoms with Gasteiger partial charge in [-0.15, -0.1) is 0 Å². The van der Waals surface area contributed by atoms with Gasteiger partial charge in [-0.2, -0.15) is 0 Å². The highest BCUT2D eigenvalue weighted by Gasteiger charge is 2.52. The summed E-state index contributed by atoms with van der Waals surface area (Å²) in [6.07, 6.45) is -8.16. The second-order valence-electron chi connectivity index (χ2n) is 18.2. The van der Waals surface area contributed by atoms with Gasteiger partial charge in [-0.1, -0.05) is 44.2 Å². The van der Waals surface area contributed by atoms with Crippen molar-refractivity contribution < 1.29 is 62.8 Å². The smallest absolute Gasteiger partial charge is 0.407 e. The van der Waals surface area contributed by atoms with Crippen LogP contribution in [-0.2, 0) is 49.3 Å². The van der Waals surface area contributed by atoms with Crippen LogP contribution in [-0.4, -0.2) is 170 Å². The molecule has 17 atom stereocenters. The minimum atomic E-state index is -1.13. The van der Waals surface area contributed by atoms with Crippen LogP contribution in [0.5, 0.6) is 0 Å². The number of nitrogens with zero attached hydrogens (tertiary/aromatic N) is 2. The monoisotopic (exact) mass is 854 g/mol. The zero-order chi connectivity index (χ0) is 44.7. The van der Waals surface area contributed by atoms with E-state index in [0.29, 0.717) is 12.8 Å². The number of amides is 1. The number of esters is 1. The number of aliphatic hydroxyl groups excluding tert-OH is 3. The van der Waals surface area contributed by atoms with Crippen molar-refractivity contribution in [2.75, 3.05) is 48.5 Å². The number of benzene rings is 1. The van der Waals surface area contributed by atoms with E-state index in [4.69, 9.17) is 37.9 Å². The molecule has 60 heavy (non-hydrogen) atoms. The lowest BCUT2D eigenvalue weighted by atomic mass is 9.76. The third kappa shape index (κ3) is 12.4. The lowest BCUT2D eigenvalue weighted by molar-refractivity contribution is -0.319. The SMILES string of the molecule is CO[C@]1(C)C[C@@H](C)[C@H](O)[C@H](C)N(C)C[C@@H](CNC(=O)OCc2ccccc2)OC(=O)[C@H](C)[C@@H](OC2C[C@@](C)(OC)[C@@H](O)[C@H](C)O2)[C@H](C)[C@H]1O[C@@H]1O[C@H](C)C[C@H](N(C)C)[C@H]1O. The molecule has 1 aromatic rings. The summed E-state index contributed by atoms with van der Waals surface area (Å²) >= 11 is 0. The highest BCUT2D eigenvalue weighted by Crippen LogP contribution is 2.41. The van der Waals surface area contributed by atoms with Crippen LogP contribution >= 0.6 is 0 Å². The highest BCUT2D eigenvalue weighted by molar-refractivity contribution is 5.73. The van der Waals surface area contributed by atoms with Crippen LogP contribution in [0.2, 0.25) is 0 Å². The number of aliphatic hydroxyl groups is 3. The van der Waals surface area contributed by atoms with Crippen molar-refractivity contribution in [1.82, 2.24) is 15.1 Å². The van der Waals surface area contributed by atoms with Gasteiger partial charge in [0.05, 0.1) is 54.2 Å². The summed E-state index contributed by atoms with van der Waals surface area (Å²) in [4.78, 5) is 31.3. The maximum atomic E-state index is 14.5. The Hall–Kier alpha value is -2.48. The van der Waals surface area contributed by atoms with Crippen LogP contribution in [0, 0.1) is 17.8 Å². The van der Waals surface area contributed by atoms with Gasteiger partial charge in [0.25, 0.3) is 0 Å². The summed E-state index contributed by atoms with van der Waals surface area (Å²) in [6.45, 7) is 15.0. The van der Waals surface area contributed by atoms with E-state index in [2.05, 4.69) is 5.32 Å². The Morgan fingerprint density at radius 2 is 1.58 bits per heavy atom. The number of likely N-dealkylation sites (N-methyl/N-ethyl adjacent to an activating group) is 2. The minimum Gasteiger partial charge on any atom is -0.459 e. The minimum absolute atomic E-state index is 0.0638. The number of cyclic esters (lactones) is 1. The second-order valence-corrected chi connectivity index (χ2v) is 18.2. The average Bonchev–Trinajstić information content (AvgIpc) is 3.21. The van der Waals surface area contributed by atoms with E-state index in [1.165, 1.54) is 7.11 Å². The number of nitrogens with one attached hydrogen (secondary N) is 1. The van der Waals surface area contributed by atoms with E-state index in [1.807, 2.05) is 95.9 Å². The first kappa shape index (κ1) is 50.2. The van der Waals surface area contributed by atoms with E-state index in [-0.39, 0.29) is 44.2 Å². The third-order valence-corrected chi connectivity index (χ3v) is 13.2. The maximum absolute atomic E-state index is 14.5. The van der Waals surface area contributed by atoms with Crippen molar-refractivity contribution >= 4 is 12.1 Å². The Labute approximate surface area is 357 Å². The topological polar surface area (TPSA) is 187 Å². The summed E-state index contributed by atoms with van der Waals surface area (Å²) in [6, 6.07) is 8.61. The van der Waals surface area contributed by atoms with E-state index >= 15 is 0 Å². The molecule has 3 aliphatic heterocycles. The number of rotatable bonds is 11. The standard InChI is InChI=1S/C44H75N3O13/c1-25-20-44(8,54-13)39(60-41-36(49)33(46(9)10)19-26(2)56-41)27(3)37(59-34-21-43(7,53-12)38(50)30(6)57-34)28(4)40(51)58-32(23-47(11)29(5)35(25)48)22-45-42(52)55-24-31-17-15-14-16-18-31/h14-18,25-30,32-39,41,48-50H,19-24H2,1-13H3,(H,45,52)/t25-,26-,27+,28-,29+,30+,32-,33+,34?,35+,36-,37+,38+,39-,41+,43-,44-/m1/s1. The van der Waals surface area contributed by atoms with Gasteiger partial charge in [-0.05, 0) is 87.0 Å². The summed E-state index contributed by atoms with van der Waals surface area (Å²) in [5.74, 6) is -2.61. The highest BCUT2D eigenvalue weighted by atomic mass is 16.7. The zero-order valence-corrected chi connectivity index (χ0v) is 38.1. The molecule has 0 radical (unpaired) electrons. The van der Waals surface area contributed by atoms with Crippen LogP contribution in [0.4, 0.5) is 4.79 Å². The molecular formula is C44H75N3O13. The van der Waals surface area contributed by atoms with Crippen molar-refractivity contribution in [3.8, 4) is 0 Å². The summed E-state index contributed by atoms with van der Waals surface area (Å²) in [5, 5.41) is 37.4. The predicted molar refractivity (Wildman–Crippen MR) is 223 cm³/mol. The van der Waals surface area contributed by atoms with Gasteiger partial charge in [-0.25, -0.2) is 4.79 Å². The summed E-state index contributed by atoms with van der Waals surface area (Å²) in [7, 11) is 8.73. The van der Waals surface area contributed by atoms with Crippen LogP contribution in [0.3, 0.4) is 0 Å². The Morgan fingerprint density at radius 1 is 0.933 bits per heavy atom. The number of carbonyl (C=O) groups excluding carboxylic acids is 2. The molecular weight excluding hydrogens is 778 g/mol. The average molecular weight is 854 g/mol. The zero-order valence-electron chi connectivity index (χ0n) is 38.1. The van der Waals surface area contributed by atoms with Crippen molar-refractivity contribution in [3.63, 3.8) is 0 Å². The molecule has 1 aromatic carbocycles. The molecule has 4 rings (SSSR count). The fraction of sp³-hybridized carbons (Fsp3) is 0.818. The van der Waals surface area contributed by atoms with E-state index in [0.717, 1.165) is 5.56 Å². The summed E-state index contributed by atoms with van der Waals surface area (Å²) in [5.41, 5.74) is -1.33. The molecule has 0 bridgehead atoms. The fourth-order valence-corrected chi connectivity index (χ4v) is 9.08. The number of ether oxygens (including phenoxy) is 8. The first-order valence-corrected chi connectivity index (χ1v) is 21.4. The van der Waals surface area contributed by atoms with Gasteiger partial charge in [0.15, 0.2) is 12.6 Å². The molecule has 3 fully saturated rings. The van der Waals surface area contributed by atoms with Crippen LogP contribution in [0.15, 0.2) is 30.3 Å². The number of alkyl carbamates (subject to hydrolysis) is 1. The van der Waals surface area contributed by atoms with Gasteiger partial charge in [0.2, 0.25) is 0 Å². The fourth-order valence-electron chi connectivity index (χ4n) is 9.08. The molecule has 1 amide bonds. The van der Waals surface area contributed by atoms with Crippen molar-refractivity contribution in [2.24, 2.45) is 17.8 Å². The molecule has 0 aliphatic carbocycles.